The zero-order valence-electron chi connectivity index (χ0n) is 15.7. The third-order valence-electron chi connectivity index (χ3n) is 4.46. The van der Waals surface area contributed by atoms with Crippen molar-refractivity contribution in [2.45, 2.75) is 13.8 Å². The van der Waals surface area contributed by atoms with Crippen LogP contribution in [0.3, 0.4) is 0 Å². The number of benzene rings is 2. The highest BCUT2D eigenvalue weighted by molar-refractivity contribution is 6.30. The van der Waals surface area contributed by atoms with Crippen molar-refractivity contribution in [2.75, 3.05) is 12.0 Å². The predicted molar refractivity (Wildman–Crippen MR) is 108 cm³/mol. The fraction of sp³-hybridized carbons (Fsp3) is 0.136. The first-order valence-electron chi connectivity index (χ1n) is 8.55. The van der Waals surface area contributed by atoms with E-state index in [-0.39, 0.29) is 22.8 Å². The maximum Gasteiger partial charge on any atom is 0.340 e. The molecule has 0 N–H and O–H groups in total. The summed E-state index contributed by atoms with van der Waals surface area (Å²) in [6, 6.07) is 13.7. The summed E-state index contributed by atoms with van der Waals surface area (Å²) in [5, 5.41) is 0.520. The Labute approximate surface area is 167 Å². The minimum Gasteiger partial charge on any atom is -0.465 e. The molecule has 1 aliphatic rings. The van der Waals surface area contributed by atoms with E-state index in [0.29, 0.717) is 27.5 Å². The molecule has 0 radical (unpaired) electrons. The number of anilines is 1. The van der Waals surface area contributed by atoms with E-state index in [1.807, 2.05) is 0 Å². The van der Waals surface area contributed by atoms with E-state index >= 15 is 0 Å². The molecule has 0 aliphatic carbocycles. The van der Waals surface area contributed by atoms with Crippen LogP contribution in [0, 0.1) is 0 Å². The van der Waals surface area contributed by atoms with Crippen molar-refractivity contribution in [2.24, 2.45) is 0 Å². The van der Waals surface area contributed by atoms with Crippen LogP contribution in [-0.2, 0) is 14.3 Å². The SMILES string of the molecule is COC(=O)C1=C(C)N(c2cccc(C(C)=O)c2)C(=O)/C1=C\c1cccc(Cl)c1. The van der Waals surface area contributed by atoms with E-state index in [9.17, 15) is 14.4 Å². The monoisotopic (exact) mass is 395 g/mol. The molecule has 0 saturated carbocycles. The maximum atomic E-state index is 13.2. The zero-order valence-corrected chi connectivity index (χ0v) is 16.4. The Morgan fingerprint density at radius 3 is 2.46 bits per heavy atom. The molecule has 5 nitrogen and oxygen atoms in total. The first-order valence-corrected chi connectivity index (χ1v) is 8.93. The van der Waals surface area contributed by atoms with Crippen LogP contribution in [0.1, 0.15) is 29.8 Å². The standard InChI is InChI=1S/C22H18ClNO4/c1-13-20(22(27)28-3)19(11-15-6-4-8-17(23)10-15)21(26)24(13)18-9-5-7-16(12-18)14(2)25/h4-12H,1-3H3/b19-11-. The average Bonchev–Trinajstić information content (AvgIpc) is 2.91. The molecule has 0 unspecified atom stereocenters. The smallest absolute Gasteiger partial charge is 0.340 e. The molecular weight excluding hydrogens is 378 g/mol. The van der Waals surface area contributed by atoms with E-state index in [4.69, 9.17) is 16.3 Å². The lowest BCUT2D eigenvalue weighted by atomic mass is 10.0. The van der Waals surface area contributed by atoms with Crippen molar-refractivity contribution >= 4 is 41.0 Å². The van der Waals surface area contributed by atoms with Crippen LogP contribution in [0.4, 0.5) is 5.69 Å². The molecule has 0 aromatic heterocycles. The summed E-state index contributed by atoms with van der Waals surface area (Å²) >= 11 is 6.03. The van der Waals surface area contributed by atoms with Crippen LogP contribution in [0.5, 0.6) is 0 Å². The summed E-state index contributed by atoms with van der Waals surface area (Å²) in [6.45, 7) is 3.13. The molecule has 0 fully saturated rings. The van der Waals surface area contributed by atoms with Crippen LogP contribution in [-0.4, -0.2) is 24.8 Å². The van der Waals surface area contributed by atoms with Crippen LogP contribution in [0.15, 0.2) is 65.4 Å². The Hall–Kier alpha value is -3.18. The number of allylic oxidation sites excluding steroid dienone is 1. The van der Waals surface area contributed by atoms with Crippen molar-refractivity contribution in [3.05, 3.63) is 81.5 Å². The molecular formula is C22H18ClNO4. The van der Waals surface area contributed by atoms with Gasteiger partial charge in [0.2, 0.25) is 0 Å². The van der Waals surface area contributed by atoms with Crippen molar-refractivity contribution in [3.8, 4) is 0 Å². The molecule has 2 aromatic carbocycles. The number of methoxy groups -OCH3 is 1. The van der Waals surface area contributed by atoms with E-state index in [1.165, 1.54) is 18.9 Å². The molecule has 0 atom stereocenters. The Morgan fingerprint density at radius 1 is 1.11 bits per heavy atom. The van der Waals surface area contributed by atoms with Crippen LogP contribution in [0.25, 0.3) is 6.08 Å². The second kappa shape index (κ2) is 7.82. The molecule has 0 bridgehead atoms. The highest BCUT2D eigenvalue weighted by atomic mass is 35.5. The summed E-state index contributed by atoms with van der Waals surface area (Å²) in [4.78, 5) is 38.7. The zero-order chi connectivity index (χ0) is 20.4. The van der Waals surface area contributed by atoms with Crippen molar-refractivity contribution in [3.63, 3.8) is 0 Å². The summed E-state index contributed by atoms with van der Waals surface area (Å²) in [6.07, 6.45) is 1.61. The van der Waals surface area contributed by atoms with Gasteiger partial charge in [0, 0.05) is 22.0 Å². The number of ether oxygens (including phenoxy) is 1. The molecule has 28 heavy (non-hydrogen) atoms. The quantitative estimate of drug-likeness (QED) is 0.436. The number of amides is 1. The van der Waals surface area contributed by atoms with Crippen molar-refractivity contribution in [1.82, 2.24) is 0 Å². The van der Waals surface area contributed by atoms with Crippen LogP contribution >= 0.6 is 11.6 Å². The fourth-order valence-electron chi connectivity index (χ4n) is 3.12. The predicted octanol–water partition coefficient (Wildman–Crippen LogP) is 4.42. The number of rotatable bonds is 4. The van der Waals surface area contributed by atoms with Gasteiger partial charge >= 0.3 is 5.97 Å². The second-order valence-corrected chi connectivity index (χ2v) is 6.75. The van der Waals surface area contributed by atoms with Crippen molar-refractivity contribution < 1.29 is 19.1 Å². The lowest BCUT2D eigenvalue weighted by Gasteiger charge is -2.18. The van der Waals surface area contributed by atoms with Gasteiger partial charge in [0.05, 0.1) is 18.3 Å². The average molecular weight is 396 g/mol. The van der Waals surface area contributed by atoms with E-state index in [2.05, 4.69) is 0 Å². The Morgan fingerprint density at radius 2 is 1.82 bits per heavy atom. The van der Waals surface area contributed by atoms with Crippen molar-refractivity contribution in [1.29, 1.82) is 0 Å². The summed E-state index contributed by atoms with van der Waals surface area (Å²) in [7, 11) is 1.27. The van der Waals surface area contributed by atoms with Gasteiger partial charge in [0.25, 0.3) is 5.91 Å². The Kier molecular flexibility index (Phi) is 5.47. The number of Topliss-reactive ketones (excluding diaryl/α,β-unsaturated/α-hetero) is 1. The molecule has 1 heterocycles. The first-order chi connectivity index (χ1) is 13.3. The second-order valence-electron chi connectivity index (χ2n) is 6.31. The van der Waals surface area contributed by atoms with Gasteiger partial charge in [-0.3, -0.25) is 14.5 Å². The number of hydrogen-bond donors (Lipinski definition) is 0. The van der Waals surface area contributed by atoms with E-state index in [1.54, 1.807) is 61.5 Å². The maximum absolute atomic E-state index is 13.2. The third-order valence-corrected chi connectivity index (χ3v) is 4.70. The highest BCUT2D eigenvalue weighted by Gasteiger charge is 2.38. The van der Waals surface area contributed by atoms with Gasteiger partial charge in [0.1, 0.15) is 0 Å². The largest absolute Gasteiger partial charge is 0.465 e. The van der Waals surface area contributed by atoms with Gasteiger partial charge in [-0.15, -0.1) is 0 Å². The number of esters is 1. The number of nitrogens with zero attached hydrogens (tertiary/aromatic N) is 1. The summed E-state index contributed by atoms with van der Waals surface area (Å²) in [5.41, 5.74) is 2.49. The number of ketones is 1. The summed E-state index contributed by atoms with van der Waals surface area (Å²) in [5.74, 6) is -1.10. The highest BCUT2D eigenvalue weighted by Crippen LogP contribution is 2.35. The molecule has 1 aliphatic heterocycles. The minimum absolute atomic E-state index is 0.113. The molecule has 0 saturated heterocycles. The number of hydrogen-bond acceptors (Lipinski definition) is 4. The Bertz CT molecular complexity index is 1050. The fourth-order valence-corrected chi connectivity index (χ4v) is 3.32. The molecule has 0 spiro atoms. The molecule has 142 valence electrons. The van der Waals surface area contributed by atoms with Crippen LogP contribution < -0.4 is 4.90 Å². The van der Waals surface area contributed by atoms with Crippen LogP contribution in [0.2, 0.25) is 5.02 Å². The third kappa shape index (κ3) is 3.62. The molecule has 2 aromatic rings. The molecule has 3 rings (SSSR count). The normalized spacial score (nSPS) is 15.4. The number of carbonyl (C=O) groups excluding carboxylic acids is 3. The summed E-state index contributed by atoms with van der Waals surface area (Å²) < 4.78 is 4.89. The van der Waals surface area contributed by atoms with Gasteiger partial charge in [0.15, 0.2) is 5.78 Å². The van der Waals surface area contributed by atoms with Gasteiger partial charge in [-0.05, 0) is 49.8 Å². The van der Waals surface area contributed by atoms with Gasteiger partial charge < -0.3 is 4.74 Å². The van der Waals surface area contributed by atoms with E-state index < -0.39 is 5.97 Å². The molecule has 1 amide bonds. The van der Waals surface area contributed by atoms with Gasteiger partial charge in [-0.25, -0.2) is 4.79 Å². The first kappa shape index (κ1) is 19.6. The number of carbonyl (C=O) groups is 3. The minimum atomic E-state index is -0.607. The van der Waals surface area contributed by atoms with Gasteiger partial charge in [-0.2, -0.15) is 0 Å². The lowest BCUT2D eigenvalue weighted by molar-refractivity contribution is -0.136. The number of halogens is 1. The van der Waals surface area contributed by atoms with Gasteiger partial charge in [-0.1, -0.05) is 35.9 Å². The molecule has 6 heteroatoms. The lowest BCUT2D eigenvalue weighted by Crippen LogP contribution is -2.24. The Balaban J connectivity index is 2.15. The topological polar surface area (TPSA) is 63.7 Å². The van der Waals surface area contributed by atoms with E-state index in [0.717, 1.165) is 0 Å².